The smallest absolute Gasteiger partial charge is 0.0573 e. The van der Waals surface area contributed by atoms with E-state index in [-0.39, 0.29) is 0 Å². The van der Waals surface area contributed by atoms with Crippen molar-refractivity contribution in [2.45, 2.75) is 25.8 Å². The molecule has 0 bridgehead atoms. The summed E-state index contributed by atoms with van der Waals surface area (Å²) in [4.78, 5) is 6.37. The van der Waals surface area contributed by atoms with E-state index in [9.17, 15) is 0 Å². The lowest BCUT2D eigenvalue weighted by molar-refractivity contribution is 0.608. The normalized spacial score (nSPS) is 17.9. The first-order chi connectivity index (χ1) is 6.68. The third-order valence-corrected chi connectivity index (χ3v) is 3.07. The zero-order valence-electron chi connectivity index (χ0n) is 8.77. The Hall–Kier alpha value is -1.25. The van der Waals surface area contributed by atoms with Crippen LogP contribution in [0.15, 0.2) is 18.5 Å². The molecule has 0 spiro atoms. The minimum Gasteiger partial charge on any atom is -0.397 e. The van der Waals surface area contributed by atoms with Gasteiger partial charge in [-0.05, 0) is 31.7 Å². The second-order valence-corrected chi connectivity index (χ2v) is 4.17. The summed E-state index contributed by atoms with van der Waals surface area (Å²) in [5.74, 6) is 0.862. The van der Waals surface area contributed by atoms with Gasteiger partial charge in [0.15, 0.2) is 0 Å². The topological polar surface area (TPSA) is 42.2 Å². The molecular formula is C11H17N3. The van der Waals surface area contributed by atoms with Crippen LogP contribution in [0.5, 0.6) is 0 Å². The molecule has 0 aromatic carbocycles. The largest absolute Gasteiger partial charge is 0.397 e. The zero-order chi connectivity index (χ0) is 10.1. The predicted octanol–water partition coefficient (Wildman–Crippen LogP) is 1.90. The third kappa shape index (κ3) is 1.81. The van der Waals surface area contributed by atoms with E-state index in [1.54, 1.807) is 6.20 Å². The van der Waals surface area contributed by atoms with Gasteiger partial charge in [-0.2, -0.15) is 0 Å². The van der Waals surface area contributed by atoms with Crippen LogP contribution in [-0.4, -0.2) is 18.1 Å². The van der Waals surface area contributed by atoms with E-state index in [0.29, 0.717) is 6.04 Å². The molecule has 1 unspecified atom stereocenters. The van der Waals surface area contributed by atoms with E-state index in [1.165, 1.54) is 12.8 Å². The molecule has 1 heterocycles. The third-order valence-electron chi connectivity index (χ3n) is 3.07. The van der Waals surface area contributed by atoms with Gasteiger partial charge in [-0.1, -0.05) is 0 Å². The standard InChI is InChI=1S/C11H17N3/c1-8(9-3-4-9)14(2)11-5-10(12)6-13-7-11/h5-9H,3-4,12H2,1-2H3. The molecule has 0 aliphatic heterocycles. The number of nitrogens with zero attached hydrogens (tertiary/aromatic N) is 2. The summed E-state index contributed by atoms with van der Waals surface area (Å²) in [5, 5.41) is 0. The molecule has 2 N–H and O–H groups in total. The van der Waals surface area contributed by atoms with Crippen molar-refractivity contribution in [3.05, 3.63) is 18.5 Å². The van der Waals surface area contributed by atoms with Gasteiger partial charge in [0.2, 0.25) is 0 Å². The number of hydrogen-bond acceptors (Lipinski definition) is 3. The molecule has 3 nitrogen and oxygen atoms in total. The van der Waals surface area contributed by atoms with Gasteiger partial charge in [-0.3, -0.25) is 4.98 Å². The van der Waals surface area contributed by atoms with E-state index < -0.39 is 0 Å². The zero-order valence-corrected chi connectivity index (χ0v) is 8.77. The predicted molar refractivity (Wildman–Crippen MR) is 59.2 cm³/mol. The molecule has 76 valence electrons. The van der Waals surface area contributed by atoms with E-state index in [4.69, 9.17) is 5.73 Å². The van der Waals surface area contributed by atoms with Gasteiger partial charge in [0.25, 0.3) is 0 Å². The quantitative estimate of drug-likeness (QED) is 0.793. The van der Waals surface area contributed by atoms with Gasteiger partial charge in [-0.25, -0.2) is 0 Å². The molecule has 1 aliphatic rings. The SMILES string of the molecule is CC(C1CC1)N(C)c1cncc(N)c1. The van der Waals surface area contributed by atoms with Crippen LogP contribution in [0.3, 0.4) is 0 Å². The molecule has 1 saturated carbocycles. The van der Waals surface area contributed by atoms with E-state index in [1.807, 2.05) is 12.3 Å². The Labute approximate surface area is 84.9 Å². The number of pyridine rings is 1. The maximum Gasteiger partial charge on any atom is 0.0573 e. The van der Waals surface area contributed by atoms with Crippen molar-refractivity contribution in [1.29, 1.82) is 0 Å². The molecule has 2 rings (SSSR count). The Balaban J connectivity index is 2.13. The van der Waals surface area contributed by atoms with Gasteiger partial charge in [0.1, 0.15) is 0 Å². The Morgan fingerprint density at radius 3 is 2.79 bits per heavy atom. The number of nitrogens with two attached hydrogens (primary N) is 1. The Kier molecular flexibility index (Phi) is 2.32. The second-order valence-electron chi connectivity index (χ2n) is 4.17. The van der Waals surface area contributed by atoms with Crippen LogP contribution in [0.25, 0.3) is 0 Å². The monoisotopic (exact) mass is 191 g/mol. The van der Waals surface area contributed by atoms with Crippen molar-refractivity contribution in [2.75, 3.05) is 17.7 Å². The lowest BCUT2D eigenvalue weighted by Gasteiger charge is -2.26. The summed E-state index contributed by atoms with van der Waals surface area (Å²) in [5.41, 5.74) is 7.55. The number of hydrogen-bond donors (Lipinski definition) is 1. The van der Waals surface area contributed by atoms with Crippen LogP contribution in [0.2, 0.25) is 0 Å². The van der Waals surface area contributed by atoms with Crippen molar-refractivity contribution < 1.29 is 0 Å². The minimum atomic E-state index is 0.596. The fourth-order valence-corrected chi connectivity index (χ4v) is 1.77. The molecule has 0 saturated heterocycles. The maximum atomic E-state index is 5.70. The lowest BCUT2D eigenvalue weighted by atomic mass is 10.2. The molecule has 0 radical (unpaired) electrons. The molecule has 0 amide bonds. The average Bonchev–Trinajstić information content (AvgIpc) is 2.99. The first-order valence-corrected chi connectivity index (χ1v) is 5.12. The minimum absolute atomic E-state index is 0.596. The maximum absolute atomic E-state index is 5.70. The van der Waals surface area contributed by atoms with E-state index >= 15 is 0 Å². The van der Waals surface area contributed by atoms with Crippen molar-refractivity contribution in [1.82, 2.24) is 4.98 Å². The van der Waals surface area contributed by atoms with Crippen LogP contribution in [0.1, 0.15) is 19.8 Å². The highest BCUT2D eigenvalue weighted by Crippen LogP contribution is 2.36. The first-order valence-electron chi connectivity index (χ1n) is 5.12. The molecule has 1 aromatic heterocycles. The van der Waals surface area contributed by atoms with Gasteiger partial charge < -0.3 is 10.6 Å². The summed E-state index contributed by atoms with van der Waals surface area (Å²) >= 11 is 0. The fourth-order valence-electron chi connectivity index (χ4n) is 1.77. The van der Waals surface area contributed by atoms with E-state index in [2.05, 4.69) is 23.9 Å². The molecule has 1 atom stereocenters. The number of anilines is 2. The van der Waals surface area contributed by atoms with Crippen LogP contribution in [0, 0.1) is 5.92 Å². The summed E-state index contributed by atoms with van der Waals surface area (Å²) in [7, 11) is 2.11. The second kappa shape index (κ2) is 3.48. The number of nitrogen functional groups attached to an aromatic ring is 1. The molecule has 3 heteroatoms. The summed E-state index contributed by atoms with van der Waals surface area (Å²) in [6.45, 7) is 2.26. The van der Waals surface area contributed by atoms with E-state index in [0.717, 1.165) is 17.3 Å². The first kappa shape index (κ1) is 9.31. The lowest BCUT2D eigenvalue weighted by Crippen LogP contribution is -2.30. The van der Waals surface area contributed by atoms with Crippen LogP contribution >= 0.6 is 0 Å². The molecule has 14 heavy (non-hydrogen) atoms. The molecular weight excluding hydrogens is 174 g/mol. The van der Waals surface area contributed by atoms with Gasteiger partial charge in [-0.15, -0.1) is 0 Å². The highest BCUT2D eigenvalue weighted by molar-refractivity contribution is 5.53. The van der Waals surface area contributed by atoms with Gasteiger partial charge in [0, 0.05) is 19.3 Å². The van der Waals surface area contributed by atoms with Crippen molar-refractivity contribution >= 4 is 11.4 Å². The summed E-state index contributed by atoms with van der Waals surface area (Å²) < 4.78 is 0. The van der Waals surface area contributed by atoms with Crippen molar-refractivity contribution in [2.24, 2.45) is 5.92 Å². The van der Waals surface area contributed by atoms with Gasteiger partial charge in [0.05, 0.1) is 17.6 Å². The summed E-state index contributed by atoms with van der Waals surface area (Å²) in [6, 6.07) is 2.57. The van der Waals surface area contributed by atoms with Crippen molar-refractivity contribution in [3.8, 4) is 0 Å². The Morgan fingerprint density at radius 1 is 1.50 bits per heavy atom. The van der Waals surface area contributed by atoms with Crippen molar-refractivity contribution in [3.63, 3.8) is 0 Å². The van der Waals surface area contributed by atoms with Crippen LogP contribution in [-0.2, 0) is 0 Å². The Bertz CT molecular complexity index is 320. The highest BCUT2D eigenvalue weighted by atomic mass is 15.1. The fraction of sp³-hybridized carbons (Fsp3) is 0.545. The summed E-state index contributed by atoms with van der Waals surface area (Å²) in [6.07, 6.45) is 6.27. The Morgan fingerprint density at radius 2 is 2.21 bits per heavy atom. The highest BCUT2D eigenvalue weighted by Gasteiger charge is 2.30. The number of rotatable bonds is 3. The molecule has 1 aliphatic carbocycles. The average molecular weight is 191 g/mol. The number of aromatic nitrogens is 1. The van der Waals surface area contributed by atoms with Gasteiger partial charge >= 0.3 is 0 Å². The molecule has 1 aromatic rings. The molecule has 1 fully saturated rings. The van der Waals surface area contributed by atoms with Crippen LogP contribution in [0.4, 0.5) is 11.4 Å². The van der Waals surface area contributed by atoms with Crippen LogP contribution < -0.4 is 10.6 Å².